The van der Waals surface area contributed by atoms with Crippen LogP contribution in [0.25, 0.3) is 0 Å². The van der Waals surface area contributed by atoms with E-state index in [0.717, 1.165) is 19.3 Å². The zero-order chi connectivity index (χ0) is 20.3. The monoisotopic (exact) mass is 380 g/mol. The molecule has 1 saturated carbocycles. The molecule has 5 atom stereocenters. The van der Waals surface area contributed by atoms with Crippen LogP contribution < -0.4 is 0 Å². The first-order chi connectivity index (χ1) is 12.8. The molecule has 0 spiro atoms. The van der Waals surface area contributed by atoms with E-state index in [0.29, 0.717) is 32.1 Å². The van der Waals surface area contributed by atoms with Gasteiger partial charge in [0.2, 0.25) is 0 Å². The molecule has 0 aliphatic heterocycles. The predicted octanol–water partition coefficient (Wildman–Crippen LogP) is 3.29. The van der Waals surface area contributed by atoms with Gasteiger partial charge >= 0.3 is 5.97 Å². The first kappa shape index (κ1) is 23.6. The Kier molecular flexibility index (Phi) is 10.6. The van der Waals surface area contributed by atoms with Crippen LogP contribution in [0.5, 0.6) is 0 Å². The SMILES string of the molecule is CCCCC[C@@](C)(O)/C=C/[C@@H]1[C@@H](CC=C=CCCC(=O)OC)[C@@H](O)C[C@H]1O. The lowest BCUT2D eigenvalue weighted by molar-refractivity contribution is -0.140. The first-order valence-electron chi connectivity index (χ1n) is 10.0. The maximum absolute atomic E-state index is 11.0. The third-order valence-electron chi connectivity index (χ3n) is 5.23. The van der Waals surface area contributed by atoms with E-state index in [1.807, 2.05) is 12.2 Å². The summed E-state index contributed by atoms with van der Waals surface area (Å²) in [5, 5.41) is 31.0. The molecule has 1 aliphatic carbocycles. The predicted molar refractivity (Wildman–Crippen MR) is 106 cm³/mol. The van der Waals surface area contributed by atoms with Gasteiger partial charge < -0.3 is 20.1 Å². The van der Waals surface area contributed by atoms with E-state index in [-0.39, 0.29) is 17.8 Å². The molecule has 0 bridgehead atoms. The molecule has 0 aromatic carbocycles. The summed E-state index contributed by atoms with van der Waals surface area (Å²) in [6.45, 7) is 3.92. The van der Waals surface area contributed by atoms with Crippen molar-refractivity contribution in [3.05, 3.63) is 30.0 Å². The van der Waals surface area contributed by atoms with E-state index in [4.69, 9.17) is 0 Å². The first-order valence-corrected chi connectivity index (χ1v) is 10.0. The van der Waals surface area contributed by atoms with Gasteiger partial charge in [-0.05, 0) is 44.3 Å². The Morgan fingerprint density at radius 3 is 2.67 bits per heavy atom. The van der Waals surface area contributed by atoms with Gasteiger partial charge in [-0.25, -0.2) is 0 Å². The van der Waals surface area contributed by atoms with Gasteiger partial charge in [-0.15, -0.1) is 5.73 Å². The fourth-order valence-corrected chi connectivity index (χ4v) is 3.50. The maximum atomic E-state index is 11.0. The second-order valence-corrected chi connectivity index (χ2v) is 7.71. The van der Waals surface area contributed by atoms with Crippen molar-refractivity contribution in [2.75, 3.05) is 7.11 Å². The van der Waals surface area contributed by atoms with Crippen LogP contribution in [0, 0.1) is 11.8 Å². The van der Waals surface area contributed by atoms with Crippen molar-refractivity contribution < 1.29 is 24.9 Å². The standard InChI is InChI=1S/C22H36O5/c1-4-5-10-14-22(2,26)15-13-18-17(19(23)16-20(18)24)11-8-6-7-9-12-21(25)27-3/h7-8,13,15,17-20,23-24,26H,4-5,9-12,14,16H2,1-3H3/b15-13+/t6?,17-,18-,19+,20-,22-/m1/s1. The summed E-state index contributed by atoms with van der Waals surface area (Å²) >= 11 is 0. The van der Waals surface area contributed by atoms with Crippen LogP contribution in [0.15, 0.2) is 30.0 Å². The smallest absolute Gasteiger partial charge is 0.305 e. The van der Waals surface area contributed by atoms with Crippen molar-refractivity contribution in [2.45, 2.75) is 83.0 Å². The zero-order valence-electron chi connectivity index (χ0n) is 16.9. The van der Waals surface area contributed by atoms with Crippen LogP contribution in [0.4, 0.5) is 0 Å². The van der Waals surface area contributed by atoms with Gasteiger partial charge in [0.1, 0.15) is 0 Å². The van der Waals surface area contributed by atoms with Gasteiger partial charge in [-0.3, -0.25) is 4.79 Å². The van der Waals surface area contributed by atoms with Gasteiger partial charge in [0.25, 0.3) is 0 Å². The number of aliphatic hydroxyl groups is 3. The van der Waals surface area contributed by atoms with Gasteiger partial charge in [-0.1, -0.05) is 38.3 Å². The van der Waals surface area contributed by atoms with Crippen molar-refractivity contribution in [2.24, 2.45) is 11.8 Å². The van der Waals surface area contributed by atoms with Crippen molar-refractivity contribution in [1.82, 2.24) is 0 Å². The van der Waals surface area contributed by atoms with Gasteiger partial charge in [0, 0.05) is 18.8 Å². The zero-order valence-corrected chi connectivity index (χ0v) is 16.9. The number of ether oxygens (including phenoxy) is 1. The van der Waals surface area contributed by atoms with Crippen molar-refractivity contribution in [3.8, 4) is 0 Å². The fraction of sp³-hybridized carbons (Fsp3) is 0.727. The minimum atomic E-state index is -0.892. The normalized spacial score (nSPS) is 27.2. The Morgan fingerprint density at radius 1 is 1.26 bits per heavy atom. The molecule has 5 heteroatoms. The summed E-state index contributed by atoms with van der Waals surface area (Å²) in [5.41, 5.74) is 2.14. The summed E-state index contributed by atoms with van der Waals surface area (Å²) in [4.78, 5) is 11.0. The summed E-state index contributed by atoms with van der Waals surface area (Å²) in [6, 6.07) is 0. The Labute approximate surface area is 163 Å². The molecule has 0 radical (unpaired) electrons. The Morgan fingerprint density at radius 2 is 2.00 bits per heavy atom. The van der Waals surface area contributed by atoms with Crippen molar-refractivity contribution >= 4 is 5.97 Å². The highest BCUT2D eigenvalue weighted by molar-refractivity contribution is 5.69. The number of esters is 1. The van der Waals surface area contributed by atoms with Gasteiger partial charge in [-0.2, -0.15) is 0 Å². The van der Waals surface area contributed by atoms with Crippen LogP contribution in [0.3, 0.4) is 0 Å². The molecule has 1 aliphatic rings. The second-order valence-electron chi connectivity index (χ2n) is 7.71. The molecule has 1 rings (SSSR count). The average molecular weight is 381 g/mol. The number of carbonyl (C=O) groups excluding carboxylic acids is 1. The third kappa shape index (κ3) is 8.89. The Bertz CT molecular complexity index is 531. The number of hydrogen-bond donors (Lipinski definition) is 3. The Balaban J connectivity index is 2.62. The number of hydrogen-bond acceptors (Lipinski definition) is 5. The minimum absolute atomic E-state index is 0.107. The molecule has 0 aromatic rings. The van der Waals surface area contributed by atoms with Crippen LogP contribution >= 0.6 is 0 Å². The second kappa shape index (κ2) is 12.1. The van der Waals surface area contributed by atoms with E-state index in [1.54, 1.807) is 19.1 Å². The Hall–Kier alpha value is -1.39. The molecular weight excluding hydrogens is 344 g/mol. The van der Waals surface area contributed by atoms with E-state index >= 15 is 0 Å². The van der Waals surface area contributed by atoms with E-state index in [9.17, 15) is 20.1 Å². The maximum Gasteiger partial charge on any atom is 0.305 e. The van der Waals surface area contributed by atoms with Crippen molar-refractivity contribution in [3.63, 3.8) is 0 Å². The highest BCUT2D eigenvalue weighted by atomic mass is 16.5. The molecule has 0 aromatic heterocycles. The molecule has 0 saturated heterocycles. The fourth-order valence-electron chi connectivity index (χ4n) is 3.50. The van der Waals surface area contributed by atoms with Crippen LogP contribution in [0.1, 0.15) is 65.2 Å². The molecule has 154 valence electrons. The van der Waals surface area contributed by atoms with E-state index in [2.05, 4.69) is 17.4 Å². The lowest BCUT2D eigenvalue weighted by atomic mass is 9.88. The number of unbranched alkanes of at least 4 members (excludes halogenated alkanes) is 2. The molecule has 1 fully saturated rings. The van der Waals surface area contributed by atoms with Crippen LogP contribution in [-0.4, -0.2) is 46.2 Å². The van der Waals surface area contributed by atoms with Gasteiger partial charge in [0.05, 0.1) is 24.9 Å². The summed E-state index contributed by atoms with van der Waals surface area (Å²) in [5.74, 6) is -0.548. The molecule has 5 nitrogen and oxygen atoms in total. The molecule has 3 N–H and O–H groups in total. The largest absolute Gasteiger partial charge is 0.469 e. The average Bonchev–Trinajstić information content (AvgIpc) is 2.89. The lowest BCUT2D eigenvalue weighted by Crippen LogP contribution is -2.24. The van der Waals surface area contributed by atoms with Crippen LogP contribution in [0.2, 0.25) is 0 Å². The summed E-state index contributed by atoms with van der Waals surface area (Å²) < 4.78 is 4.58. The highest BCUT2D eigenvalue weighted by Gasteiger charge is 2.39. The topological polar surface area (TPSA) is 87.0 Å². The molecule has 27 heavy (non-hydrogen) atoms. The van der Waals surface area contributed by atoms with E-state index < -0.39 is 17.8 Å². The minimum Gasteiger partial charge on any atom is -0.469 e. The third-order valence-corrected chi connectivity index (χ3v) is 5.23. The number of methoxy groups -OCH3 is 1. The summed E-state index contributed by atoms with van der Waals surface area (Å²) in [6.07, 6.45) is 11.7. The summed E-state index contributed by atoms with van der Waals surface area (Å²) in [7, 11) is 1.36. The molecule has 0 unspecified atom stereocenters. The number of rotatable bonds is 11. The quantitative estimate of drug-likeness (QED) is 0.222. The van der Waals surface area contributed by atoms with Gasteiger partial charge in [0.15, 0.2) is 0 Å². The highest BCUT2D eigenvalue weighted by Crippen LogP contribution is 2.36. The van der Waals surface area contributed by atoms with E-state index in [1.165, 1.54) is 7.11 Å². The van der Waals surface area contributed by atoms with Crippen LogP contribution in [-0.2, 0) is 9.53 Å². The number of carbonyl (C=O) groups is 1. The number of aliphatic hydroxyl groups excluding tert-OH is 2. The molecule has 0 amide bonds. The lowest BCUT2D eigenvalue weighted by Gasteiger charge is -2.23. The molecular formula is C22H36O5. The number of allylic oxidation sites excluding steroid dienone is 1. The molecule has 0 heterocycles. The van der Waals surface area contributed by atoms with Crippen molar-refractivity contribution in [1.29, 1.82) is 0 Å².